The van der Waals surface area contributed by atoms with E-state index in [1.807, 2.05) is 29.2 Å². The van der Waals surface area contributed by atoms with Gasteiger partial charge in [-0.15, -0.1) is 5.10 Å². The zero-order valence-electron chi connectivity index (χ0n) is 13.6. The van der Waals surface area contributed by atoms with Crippen LogP contribution in [0, 0.1) is 5.92 Å². The number of carbonyl (C=O) groups excluding carboxylic acids is 1. The number of tetrazole rings is 1. The molecule has 2 aromatic rings. The first kappa shape index (κ1) is 15.6. The Labute approximate surface area is 135 Å². The number of aromatic nitrogens is 4. The molecule has 7 heteroatoms. The monoisotopic (exact) mass is 314 g/mol. The molecular formula is C16H22N6O. The van der Waals surface area contributed by atoms with Crippen LogP contribution in [0.2, 0.25) is 0 Å². The van der Waals surface area contributed by atoms with E-state index < -0.39 is 0 Å². The average molecular weight is 314 g/mol. The fraction of sp³-hybridized carbons (Fsp3) is 0.500. The molecule has 23 heavy (non-hydrogen) atoms. The van der Waals surface area contributed by atoms with E-state index in [1.54, 1.807) is 4.68 Å². The minimum atomic E-state index is 0.0733. The van der Waals surface area contributed by atoms with Gasteiger partial charge in [-0.25, -0.2) is 4.68 Å². The van der Waals surface area contributed by atoms with Crippen molar-refractivity contribution in [2.75, 3.05) is 32.7 Å². The first-order valence-electron chi connectivity index (χ1n) is 7.98. The standard InChI is InChI=1S/C16H22N6O/c1-13(2)11-20-6-8-21(9-7-20)16(23)14-4-3-5-15(10-14)22-12-17-18-19-22/h3-5,10,12-13H,6-9,11H2,1-2H3. The number of piperazine rings is 1. The number of benzene rings is 1. The molecule has 1 aromatic carbocycles. The van der Waals surface area contributed by atoms with E-state index in [-0.39, 0.29) is 5.91 Å². The second-order valence-electron chi connectivity index (χ2n) is 6.29. The largest absolute Gasteiger partial charge is 0.336 e. The topological polar surface area (TPSA) is 67.2 Å². The zero-order chi connectivity index (χ0) is 16.2. The van der Waals surface area contributed by atoms with Crippen LogP contribution in [0.15, 0.2) is 30.6 Å². The van der Waals surface area contributed by atoms with Gasteiger partial charge in [0.15, 0.2) is 0 Å². The second kappa shape index (κ2) is 6.87. The summed E-state index contributed by atoms with van der Waals surface area (Å²) in [4.78, 5) is 17.0. The Balaban J connectivity index is 1.66. The molecule has 0 bridgehead atoms. The summed E-state index contributed by atoms with van der Waals surface area (Å²) in [5.41, 5.74) is 1.47. The van der Waals surface area contributed by atoms with Crippen LogP contribution in [0.1, 0.15) is 24.2 Å². The van der Waals surface area contributed by atoms with Crippen LogP contribution < -0.4 is 0 Å². The lowest BCUT2D eigenvalue weighted by Crippen LogP contribution is -2.49. The van der Waals surface area contributed by atoms with Crippen molar-refractivity contribution >= 4 is 5.91 Å². The summed E-state index contributed by atoms with van der Waals surface area (Å²) in [5.74, 6) is 0.731. The molecule has 1 amide bonds. The lowest BCUT2D eigenvalue weighted by Gasteiger charge is -2.35. The number of rotatable bonds is 4. The molecule has 1 saturated heterocycles. The molecule has 0 spiro atoms. The van der Waals surface area contributed by atoms with Crippen molar-refractivity contribution in [2.24, 2.45) is 5.92 Å². The highest BCUT2D eigenvalue weighted by molar-refractivity contribution is 5.94. The van der Waals surface area contributed by atoms with Crippen LogP contribution in [0.25, 0.3) is 5.69 Å². The van der Waals surface area contributed by atoms with Gasteiger partial charge in [0.2, 0.25) is 0 Å². The Morgan fingerprint density at radius 2 is 2.00 bits per heavy atom. The first-order chi connectivity index (χ1) is 11.1. The van der Waals surface area contributed by atoms with E-state index in [1.165, 1.54) is 6.33 Å². The van der Waals surface area contributed by atoms with E-state index in [0.29, 0.717) is 11.5 Å². The van der Waals surface area contributed by atoms with E-state index in [0.717, 1.165) is 38.4 Å². The van der Waals surface area contributed by atoms with Gasteiger partial charge in [-0.3, -0.25) is 9.69 Å². The van der Waals surface area contributed by atoms with Gasteiger partial charge in [-0.05, 0) is 34.5 Å². The summed E-state index contributed by atoms with van der Waals surface area (Å²) in [6.07, 6.45) is 1.52. The molecular weight excluding hydrogens is 292 g/mol. The average Bonchev–Trinajstić information content (AvgIpc) is 3.09. The Hall–Kier alpha value is -2.28. The molecule has 2 heterocycles. The van der Waals surface area contributed by atoms with Crippen molar-refractivity contribution in [1.29, 1.82) is 0 Å². The number of amides is 1. The Kier molecular flexibility index (Phi) is 4.66. The second-order valence-corrected chi connectivity index (χ2v) is 6.29. The smallest absolute Gasteiger partial charge is 0.254 e. The van der Waals surface area contributed by atoms with Crippen LogP contribution in [0.4, 0.5) is 0 Å². The lowest BCUT2D eigenvalue weighted by molar-refractivity contribution is 0.0624. The highest BCUT2D eigenvalue weighted by atomic mass is 16.2. The highest BCUT2D eigenvalue weighted by Crippen LogP contribution is 2.13. The fourth-order valence-electron chi connectivity index (χ4n) is 2.89. The van der Waals surface area contributed by atoms with Gasteiger partial charge in [0, 0.05) is 38.3 Å². The molecule has 0 unspecified atom stereocenters. The third kappa shape index (κ3) is 3.73. The van der Waals surface area contributed by atoms with Crippen molar-refractivity contribution in [3.8, 4) is 5.69 Å². The third-order valence-electron chi connectivity index (χ3n) is 3.99. The maximum absolute atomic E-state index is 12.7. The van der Waals surface area contributed by atoms with Crippen LogP contribution in [-0.2, 0) is 0 Å². The summed E-state index contributed by atoms with van der Waals surface area (Å²) < 4.78 is 1.55. The molecule has 1 aliphatic rings. The maximum Gasteiger partial charge on any atom is 0.254 e. The van der Waals surface area contributed by atoms with Crippen molar-refractivity contribution in [3.05, 3.63) is 36.2 Å². The maximum atomic E-state index is 12.7. The fourth-order valence-corrected chi connectivity index (χ4v) is 2.89. The molecule has 0 radical (unpaired) electrons. The van der Waals surface area contributed by atoms with Crippen molar-refractivity contribution < 1.29 is 4.79 Å². The summed E-state index contributed by atoms with van der Waals surface area (Å²) in [6, 6.07) is 7.42. The number of hydrogen-bond donors (Lipinski definition) is 0. The summed E-state index contributed by atoms with van der Waals surface area (Å²) in [6.45, 7) is 8.98. The van der Waals surface area contributed by atoms with Crippen molar-refractivity contribution in [3.63, 3.8) is 0 Å². The van der Waals surface area contributed by atoms with E-state index in [4.69, 9.17) is 0 Å². The number of hydrogen-bond acceptors (Lipinski definition) is 5. The van der Waals surface area contributed by atoms with Crippen LogP contribution in [-0.4, -0.2) is 68.6 Å². The first-order valence-corrected chi connectivity index (χ1v) is 7.98. The van der Waals surface area contributed by atoms with Gasteiger partial charge in [-0.2, -0.15) is 0 Å². The molecule has 1 fully saturated rings. The Bertz CT molecular complexity index is 646. The predicted octanol–water partition coefficient (Wildman–Crippen LogP) is 1.08. The molecule has 0 aliphatic carbocycles. The number of nitrogens with zero attached hydrogens (tertiary/aromatic N) is 6. The molecule has 122 valence electrons. The molecule has 7 nitrogen and oxygen atoms in total. The molecule has 0 N–H and O–H groups in total. The van der Waals surface area contributed by atoms with E-state index in [9.17, 15) is 4.79 Å². The predicted molar refractivity (Wildman–Crippen MR) is 86.3 cm³/mol. The molecule has 0 saturated carbocycles. The summed E-state index contributed by atoms with van der Waals surface area (Å²) in [5, 5.41) is 11.1. The molecule has 0 atom stereocenters. The van der Waals surface area contributed by atoms with Crippen molar-refractivity contribution in [2.45, 2.75) is 13.8 Å². The van der Waals surface area contributed by atoms with Gasteiger partial charge in [-0.1, -0.05) is 19.9 Å². The minimum Gasteiger partial charge on any atom is -0.336 e. The molecule has 1 aromatic heterocycles. The molecule has 1 aliphatic heterocycles. The summed E-state index contributed by atoms with van der Waals surface area (Å²) in [7, 11) is 0. The number of carbonyl (C=O) groups is 1. The van der Waals surface area contributed by atoms with Gasteiger partial charge in [0.1, 0.15) is 6.33 Å². The van der Waals surface area contributed by atoms with Gasteiger partial charge < -0.3 is 4.90 Å². The minimum absolute atomic E-state index is 0.0733. The SMILES string of the molecule is CC(C)CN1CCN(C(=O)c2cccc(-n3cnnn3)c2)CC1. The lowest BCUT2D eigenvalue weighted by atomic mass is 10.1. The van der Waals surface area contributed by atoms with Crippen LogP contribution >= 0.6 is 0 Å². The Morgan fingerprint density at radius 1 is 1.22 bits per heavy atom. The van der Waals surface area contributed by atoms with Crippen LogP contribution in [0.3, 0.4) is 0 Å². The van der Waals surface area contributed by atoms with Crippen molar-refractivity contribution in [1.82, 2.24) is 30.0 Å². The molecule has 3 rings (SSSR count). The van der Waals surface area contributed by atoms with E-state index >= 15 is 0 Å². The van der Waals surface area contributed by atoms with E-state index in [2.05, 4.69) is 34.3 Å². The normalized spacial score (nSPS) is 16.0. The quantitative estimate of drug-likeness (QED) is 0.845. The van der Waals surface area contributed by atoms with Gasteiger partial charge in [0.05, 0.1) is 5.69 Å². The highest BCUT2D eigenvalue weighted by Gasteiger charge is 2.22. The van der Waals surface area contributed by atoms with Gasteiger partial charge in [0.25, 0.3) is 5.91 Å². The summed E-state index contributed by atoms with van der Waals surface area (Å²) >= 11 is 0. The zero-order valence-corrected chi connectivity index (χ0v) is 13.6. The van der Waals surface area contributed by atoms with Crippen LogP contribution in [0.5, 0.6) is 0 Å². The van der Waals surface area contributed by atoms with Gasteiger partial charge >= 0.3 is 0 Å². The third-order valence-corrected chi connectivity index (χ3v) is 3.99. The Morgan fingerprint density at radius 3 is 2.65 bits per heavy atom.